The summed E-state index contributed by atoms with van der Waals surface area (Å²) in [4.78, 5) is 24.2. The molecule has 2 aromatic rings. The van der Waals surface area contributed by atoms with Gasteiger partial charge in [0, 0.05) is 5.69 Å². The molecule has 0 fully saturated rings. The molecule has 0 aliphatic heterocycles. The maximum Gasteiger partial charge on any atom is 0.338 e. The highest BCUT2D eigenvalue weighted by atomic mass is 16.5. The van der Waals surface area contributed by atoms with Crippen LogP contribution in [0.2, 0.25) is 0 Å². The van der Waals surface area contributed by atoms with Crippen molar-refractivity contribution >= 4 is 23.6 Å². The summed E-state index contributed by atoms with van der Waals surface area (Å²) in [6.45, 7) is 2.40. The number of hydrogen-bond acceptors (Lipinski definition) is 5. The minimum absolute atomic E-state index is 0.0341. The second-order valence-electron chi connectivity index (χ2n) is 5.96. The molecule has 144 valence electrons. The van der Waals surface area contributed by atoms with Gasteiger partial charge in [0.1, 0.15) is 17.4 Å². The predicted octanol–water partition coefficient (Wildman–Crippen LogP) is 4.20. The topological polar surface area (TPSA) is 88.4 Å². The zero-order chi connectivity index (χ0) is 20.4. The van der Waals surface area contributed by atoms with Crippen LogP contribution in [0.5, 0.6) is 5.75 Å². The van der Waals surface area contributed by atoms with E-state index in [-0.39, 0.29) is 5.57 Å². The molecule has 1 amide bonds. The van der Waals surface area contributed by atoms with Crippen LogP contribution in [-0.2, 0) is 9.53 Å². The van der Waals surface area contributed by atoms with Gasteiger partial charge in [-0.15, -0.1) is 0 Å². The molecule has 0 radical (unpaired) electrons. The molecular weight excluding hydrogens is 356 g/mol. The van der Waals surface area contributed by atoms with E-state index in [1.54, 1.807) is 55.6 Å². The lowest BCUT2D eigenvalue weighted by molar-refractivity contribution is -0.112. The number of benzene rings is 2. The van der Waals surface area contributed by atoms with E-state index in [1.165, 1.54) is 6.08 Å². The molecule has 0 aromatic heterocycles. The van der Waals surface area contributed by atoms with Gasteiger partial charge >= 0.3 is 5.97 Å². The summed E-state index contributed by atoms with van der Waals surface area (Å²) in [5.74, 6) is -0.242. The van der Waals surface area contributed by atoms with Crippen molar-refractivity contribution in [3.05, 3.63) is 65.2 Å². The molecule has 0 unspecified atom stereocenters. The van der Waals surface area contributed by atoms with Crippen molar-refractivity contribution < 1.29 is 19.1 Å². The number of rotatable bonds is 8. The average Bonchev–Trinajstić information content (AvgIpc) is 2.73. The van der Waals surface area contributed by atoms with E-state index < -0.39 is 11.9 Å². The van der Waals surface area contributed by atoms with Gasteiger partial charge < -0.3 is 14.8 Å². The lowest BCUT2D eigenvalue weighted by Crippen LogP contribution is -2.13. The fraction of sp³-hybridized carbons (Fsp3) is 0.227. The first-order valence-corrected chi connectivity index (χ1v) is 8.91. The first-order chi connectivity index (χ1) is 13.6. The van der Waals surface area contributed by atoms with E-state index in [0.29, 0.717) is 29.2 Å². The minimum atomic E-state index is -0.531. The molecule has 1 N–H and O–H groups in total. The van der Waals surface area contributed by atoms with Crippen molar-refractivity contribution in [3.63, 3.8) is 0 Å². The van der Waals surface area contributed by atoms with Gasteiger partial charge in [-0.25, -0.2) is 4.79 Å². The number of nitrogens with zero attached hydrogens (tertiary/aromatic N) is 1. The summed E-state index contributed by atoms with van der Waals surface area (Å²) in [5.41, 5.74) is 1.56. The lowest BCUT2D eigenvalue weighted by Gasteiger charge is -2.07. The molecule has 2 rings (SSSR count). The molecule has 0 spiro atoms. The fourth-order valence-electron chi connectivity index (χ4n) is 2.30. The number of carbonyl (C=O) groups excluding carboxylic acids is 2. The molecule has 2 aromatic carbocycles. The highest BCUT2D eigenvalue weighted by Crippen LogP contribution is 2.16. The summed E-state index contributed by atoms with van der Waals surface area (Å²) < 4.78 is 10.2. The zero-order valence-electron chi connectivity index (χ0n) is 15.9. The Labute approximate surface area is 164 Å². The number of ether oxygens (including phenoxy) is 2. The van der Waals surface area contributed by atoms with Gasteiger partial charge in [-0.1, -0.05) is 25.5 Å². The van der Waals surface area contributed by atoms with Gasteiger partial charge in [-0.2, -0.15) is 5.26 Å². The van der Waals surface area contributed by atoms with Crippen LogP contribution in [0, 0.1) is 11.3 Å². The SMILES string of the molecule is CCCCOC(=O)c1ccc(NC(=O)C(C#N)=Cc2ccc(OC)cc2)cc1. The van der Waals surface area contributed by atoms with Crippen LogP contribution in [0.25, 0.3) is 6.08 Å². The van der Waals surface area contributed by atoms with Gasteiger partial charge in [-0.05, 0) is 54.5 Å². The lowest BCUT2D eigenvalue weighted by atomic mass is 10.1. The number of nitrogens with one attached hydrogen (secondary N) is 1. The fourth-order valence-corrected chi connectivity index (χ4v) is 2.30. The van der Waals surface area contributed by atoms with Crippen molar-refractivity contribution in [2.75, 3.05) is 19.0 Å². The normalized spacial score (nSPS) is 10.7. The van der Waals surface area contributed by atoms with Crippen molar-refractivity contribution in [1.29, 1.82) is 5.26 Å². The highest BCUT2D eigenvalue weighted by molar-refractivity contribution is 6.09. The smallest absolute Gasteiger partial charge is 0.338 e. The Morgan fingerprint density at radius 1 is 1.11 bits per heavy atom. The molecule has 0 aliphatic carbocycles. The molecule has 0 atom stereocenters. The molecule has 0 bridgehead atoms. The van der Waals surface area contributed by atoms with Crippen molar-refractivity contribution in [2.45, 2.75) is 19.8 Å². The third-order valence-electron chi connectivity index (χ3n) is 3.90. The number of anilines is 1. The number of carbonyl (C=O) groups is 2. The standard InChI is InChI=1S/C22H22N2O4/c1-3-4-13-28-22(26)17-7-9-19(10-8-17)24-21(25)18(15-23)14-16-5-11-20(27-2)12-6-16/h5-12,14H,3-4,13H2,1-2H3,(H,24,25). The van der Waals surface area contributed by atoms with Crippen LogP contribution >= 0.6 is 0 Å². The summed E-state index contributed by atoms with van der Waals surface area (Å²) in [7, 11) is 1.56. The van der Waals surface area contributed by atoms with Crippen molar-refractivity contribution in [3.8, 4) is 11.8 Å². The van der Waals surface area contributed by atoms with E-state index in [0.717, 1.165) is 12.8 Å². The summed E-state index contributed by atoms with van der Waals surface area (Å²) in [6, 6.07) is 15.2. The van der Waals surface area contributed by atoms with Crippen LogP contribution in [0.4, 0.5) is 5.69 Å². The molecule has 0 aliphatic rings. The van der Waals surface area contributed by atoms with Gasteiger partial charge in [-0.3, -0.25) is 4.79 Å². The molecule has 6 nitrogen and oxygen atoms in total. The van der Waals surface area contributed by atoms with Gasteiger partial charge in [0.15, 0.2) is 0 Å². The number of methoxy groups -OCH3 is 1. The van der Waals surface area contributed by atoms with Crippen molar-refractivity contribution in [2.24, 2.45) is 0 Å². The first-order valence-electron chi connectivity index (χ1n) is 8.91. The number of esters is 1. The number of nitriles is 1. The second kappa shape index (κ2) is 10.5. The van der Waals surface area contributed by atoms with E-state index >= 15 is 0 Å². The Kier molecular flexibility index (Phi) is 7.79. The Balaban J connectivity index is 2.02. The van der Waals surface area contributed by atoms with Crippen LogP contribution in [-0.4, -0.2) is 25.6 Å². The summed E-state index contributed by atoms with van der Waals surface area (Å²) in [6.07, 6.45) is 3.26. The Morgan fingerprint density at radius 2 is 1.79 bits per heavy atom. The second-order valence-corrected chi connectivity index (χ2v) is 5.96. The van der Waals surface area contributed by atoms with Crippen molar-refractivity contribution in [1.82, 2.24) is 0 Å². The highest BCUT2D eigenvalue weighted by Gasteiger charge is 2.11. The Hall–Kier alpha value is -3.59. The van der Waals surface area contributed by atoms with E-state index in [2.05, 4.69) is 5.32 Å². The largest absolute Gasteiger partial charge is 0.497 e. The Morgan fingerprint density at radius 3 is 2.36 bits per heavy atom. The summed E-state index contributed by atoms with van der Waals surface area (Å²) >= 11 is 0. The van der Waals surface area contributed by atoms with E-state index in [4.69, 9.17) is 9.47 Å². The van der Waals surface area contributed by atoms with Crippen LogP contribution in [0.15, 0.2) is 54.1 Å². The Bertz CT molecular complexity index is 878. The van der Waals surface area contributed by atoms with E-state index in [9.17, 15) is 14.9 Å². The van der Waals surface area contributed by atoms with Crippen LogP contribution in [0.3, 0.4) is 0 Å². The molecular formula is C22H22N2O4. The molecule has 28 heavy (non-hydrogen) atoms. The van der Waals surface area contributed by atoms with Crippen LogP contribution < -0.4 is 10.1 Å². The number of amides is 1. The maximum atomic E-state index is 12.3. The zero-order valence-corrected chi connectivity index (χ0v) is 15.9. The van der Waals surface area contributed by atoms with E-state index in [1.807, 2.05) is 13.0 Å². The first kappa shape index (κ1) is 20.7. The molecule has 6 heteroatoms. The maximum absolute atomic E-state index is 12.3. The minimum Gasteiger partial charge on any atom is -0.497 e. The van der Waals surface area contributed by atoms with Gasteiger partial charge in [0.2, 0.25) is 0 Å². The molecule has 0 saturated heterocycles. The monoisotopic (exact) mass is 378 g/mol. The van der Waals surface area contributed by atoms with Crippen LogP contribution in [0.1, 0.15) is 35.7 Å². The predicted molar refractivity (Wildman–Crippen MR) is 107 cm³/mol. The number of hydrogen-bond donors (Lipinski definition) is 1. The summed E-state index contributed by atoms with van der Waals surface area (Å²) in [5, 5.41) is 11.9. The molecule has 0 heterocycles. The average molecular weight is 378 g/mol. The van der Waals surface area contributed by atoms with Gasteiger partial charge in [0.05, 0.1) is 19.3 Å². The molecule has 0 saturated carbocycles. The third kappa shape index (κ3) is 5.99. The third-order valence-corrected chi connectivity index (χ3v) is 3.90. The number of unbranched alkanes of at least 4 members (excludes halogenated alkanes) is 1. The van der Waals surface area contributed by atoms with Gasteiger partial charge in [0.25, 0.3) is 5.91 Å². The quantitative estimate of drug-likeness (QED) is 0.322.